The molecule has 1 rings (SSSR count). The van der Waals surface area contributed by atoms with Crippen LogP contribution >= 0.6 is 15.9 Å². The first-order chi connectivity index (χ1) is 7.84. The Morgan fingerprint density at radius 3 is 2.18 bits per heavy atom. The van der Waals surface area contributed by atoms with E-state index in [1.54, 1.807) is 24.3 Å². The van der Waals surface area contributed by atoms with E-state index in [0.29, 0.717) is 16.9 Å². The normalized spacial score (nSPS) is 15.3. The van der Waals surface area contributed by atoms with Gasteiger partial charge in [-0.05, 0) is 37.1 Å². The highest BCUT2D eigenvalue weighted by molar-refractivity contribution is 9.09. The molecule has 2 unspecified atom stereocenters. The van der Waals surface area contributed by atoms with E-state index in [0.717, 1.165) is 11.0 Å². The fourth-order valence-corrected chi connectivity index (χ4v) is 2.53. The quantitative estimate of drug-likeness (QED) is 0.849. The number of sulfone groups is 1. The van der Waals surface area contributed by atoms with Crippen LogP contribution in [0.15, 0.2) is 29.2 Å². The van der Waals surface area contributed by atoms with Crippen molar-refractivity contribution < 1.29 is 8.42 Å². The van der Waals surface area contributed by atoms with E-state index >= 15 is 0 Å². The highest BCUT2D eigenvalue weighted by Crippen LogP contribution is 2.17. The molecule has 1 aromatic carbocycles. The lowest BCUT2D eigenvalue weighted by Crippen LogP contribution is -2.24. The molecule has 0 heterocycles. The Morgan fingerprint density at radius 2 is 1.76 bits per heavy atom. The second-order valence-electron chi connectivity index (χ2n) is 4.36. The number of hydrogen-bond acceptors (Lipinski definition) is 3. The van der Waals surface area contributed by atoms with Crippen molar-refractivity contribution in [1.82, 2.24) is 0 Å². The molecule has 1 N–H and O–H groups in total. The van der Waals surface area contributed by atoms with Gasteiger partial charge in [-0.1, -0.05) is 22.9 Å². The number of anilines is 1. The summed E-state index contributed by atoms with van der Waals surface area (Å²) in [5, 5.41) is 4.28. The maximum absolute atomic E-state index is 11.3. The minimum atomic E-state index is -3.10. The predicted molar refractivity (Wildman–Crippen MR) is 75.6 cm³/mol. The molecule has 0 radical (unpaired) electrons. The minimum Gasteiger partial charge on any atom is -0.382 e. The second-order valence-corrected chi connectivity index (χ2v) is 7.02. The summed E-state index contributed by atoms with van der Waals surface area (Å²) >= 11 is 3.45. The molecule has 2 atom stereocenters. The van der Waals surface area contributed by atoms with Gasteiger partial charge in [-0.15, -0.1) is 0 Å². The number of halogens is 1. The molecule has 0 amide bonds. The predicted octanol–water partition coefficient (Wildman–Crippen LogP) is 2.92. The first kappa shape index (κ1) is 14.5. The first-order valence-corrected chi connectivity index (χ1v) is 8.48. The zero-order valence-corrected chi connectivity index (χ0v) is 12.7. The van der Waals surface area contributed by atoms with Crippen molar-refractivity contribution in [3.05, 3.63) is 24.3 Å². The zero-order valence-electron chi connectivity index (χ0n) is 10.3. The third kappa shape index (κ3) is 4.32. The molecule has 0 bridgehead atoms. The van der Waals surface area contributed by atoms with Gasteiger partial charge in [0.05, 0.1) is 4.90 Å². The van der Waals surface area contributed by atoms with Crippen LogP contribution in [-0.4, -0.2) is 26.0 Å². The smallest absolute Gasteiger partial charge is 0.175 e. The van der Waals surface area contributed by atoms with Gasteiger partial charge < -0.3 is 5.32 Å². The summed E-state index contributed by atoms with van der Waals surface area (Å²) in [5.41, 5.74) is 0.942. The Morgan fingerprint density at radius 1 is 1.24 bits per heavy atom. The number of rotatable bonds is 5. The molecule has 0 aliphatic carbocycles. The molecule has 5 heteroatoms. The minimum absolute atomic E-state index is 0.332. The maximum Gasteiger partial charge on any atom is 0.175 e. The summed E-state index contributed by atoms with van der Waals surface area (Å²) in [6.07, 6.45) is 1.21. The molecule has 0 aliphatic rings. The van der Waals surface area contributed by atoms with E-state index in [2.05, 4.69) is 35.1 Å². The van der Waals surface area contributed by atoms with E-state index in [9.17, 15) is 8.42 Å². The number of hydrogen-bond donors (Lipinski definition) is 1. The summed E-state index contributed by atoms with van der Waals surface area (Å²) in [4.78, 5) is 0.351. The van der Waals surface area contributed by atoms with Crippen molar-refractivity contribution in [2.75, 3.05) is 16.9 Å². The molecule has 17 heavy (non-hydrogen) atoms. The van der Waals surface area contributed by atoms with Gasteiger partial charge in [0.25, 0.3) is 0 Å². The lowest BCUT2D eigenvalue weighted by molar-refractivity contribution is 0.572. The summed E-state index contributed by atoms with van der Waals surface area (Å²) < 4.78 is 22.6. The van der Waals surface area contributed by atoms with Crippen LogP contribution < -0.4 is 5.32 Å². The maximum atomic E-state index is 11.3. The number of benzene rings is 1. The Kier molecular flexibility index (Phi) is 5.01. The molecule has 3 nitrogen and oxygen atoms in total. The molecule has 0 saturated carbocycles. The van der Waals surface area contributed by atoms with Crippen LogP contribution in [0.4, 0.5) is 5.69 Å². The van der Waals surface area contributed by atoms with Gasteiger partial charge in [-0.2, -0.15) is 0 Å². The monoisotopic (exact) mass is 319 g/mol. The van der Waals surface area contributed by atoms with Crippen LogP contribution in [-0.2, 0) is 9.84 Å². The topological polar surface area (TPSA) is 46.2 Å². The van der Waals surface area contributed by atoms with Crippen molar-refractivity contribution >= 4 is 31.5 Å². The second kappa shape index (κ2) is 5.87. The molecule has 0 aliphatic heterocycles. The van der Waals surface area contributed by atoms with Gasteiger partial charge in [0.1, 0.15) is 0 Å². The fraction of sp³-hybridized carbons (Fsp3) is 0.500. The molecule has 0 aromatic heterocycles. The molecule has 0 fully saturated rings. The average Bonchev–Trinajstić information content (AvgIpc) is 2.27. The SMILES string of the molecule is CC(CBr)C(C)Nc1ccc(S(C)(=O)=O)cc1. The molecule has 0 saturated heterocycles. The largest absolute Gasteiger partial charge is 0.382 e. The third-order valence-electron chi connectivity index (χ3n) is 2.77. The van der Waals surface area contributed by atoms with Crippen LogP contribution in [0.1, 0.15) is 13.8 Å². The molecular formula is C12H18BrNO2S. The number of nitrogens with one attached hydrogen (secondary N) is 1. The van der Waals surface area contributed by atoms with E-state index in [1.807, 2.05) is 0 Å². The lowest BCUT2D eigenvalue weighted by atomic mass is 10.1. The van der Waals surface area contributed by atoms with Crippen LogP contribution in [0.3, 0.4) is 0 Å². The fourth-order valence-electron chi connectivity index (χ4n) is 1.34. The number of alkyl halides is 1. The van der Waals surface area contributed by atoms with E-state index in [4.69, 9.17) is 0 Å². The van der Waals surface area contributed by atoms with Crippen molar-refractivity contribution in [2.24, 2.45) is 5.92 Å². The van der Waals surface area contributed by atoms with Gasteiger partial charge in [0.15, 0.2) is 9.84 Å². The lowest BCUT2D eigenvalue weighted by Gasteiger charge is -2.20. The van der Waals surface area contributed by atoms with Crippen LogP contribution in [0.2, 0.25) is 0 Å². The van der Waals surface area contributed by atoms with Crippen molar-refractivity contribution in [3.8, 4) is 0 Å². The zero-order chi connectivity index (χ0) is 13.1. The van der Waals surface area contributed by atoms with Crippen molar-refractivity contribution in [2.45, 2.75) is 24.8 Å². The first-order valence-electron chi connectivity index (χ1n) is 5.47. The Bertz CT molecular complexity index is 456. The summed E-state index contributed by atoms with van der Waals surface area (Å²) in [7, 11) is -3.10. The van der Waals surface area contributed by atoms with E-state index in [-0.39, 0.29) is 0 Å². The van der Waals surface area contributed by atoms with Crippen molar-refractivity contribution in [1.29, 1.82) is 0 Å². The third-order valence-corrected chi connectivity index (χ3v) is 4.92. The summed E-state index contributed by atoms with van der Waals surface area (Å²) in [5.74, 6) is 0.504. The van der Waals surface area contributed by atoms with E-state index in [1.165, 1.54) is 6.26 Å². The van der Waals surface area contributed by atoms with Gasteiger partial charge in [0.2, 0.25) is 0 Å². The van der Waals surface area contributed by atoms with Crippen molar-refractivity contribution in [3.63, 3.8) is 0 Å². The van der Waals surface area contributed by atoms with Crippen LogP contribution in [0.5, 0.6) is 0 Å². The highest BCUT2D eigenvalue weighted by atomic mass is 79.9. The summed E-state index contributed by atoms with van der Waals surface area (Å²) in [6, 6.07) is 7.19. The average molecular weight is 320 g/mol. The molecule has 0 spiro atoms. The standard InChI is InChI=1S/C12H18BrNO2S/c1-9(8-13)10(2)14-11-4-6-12(7-5-11)17(3,15)16/h4-7,9-10,14H,8H2,1-3H3. The molecule has 1 aromatic rings. The molecule has 96 valence electrons. The van der Waals surface area contributed by atoms with Gasteiger partial charge in [-0.25, -0.2) is 8.42 Å². The Hall–Kier alpha value is -0.550. The summed E-state index contributed by atoms with van der Waals surface area (Å²) in [6.45, 7) is 4.26. The Labute approximate surface area is 112 Å². The van der Waals surface area contributed by atoms with E-state index < -0.39 is 9.84 Å². The molecular weight excluding hydrogens is 302 g/mol. The van der Waals surface area contributed by atoms with Crippen LogP contribution in [0.25, 0.3) is 0 Å². The van der Waals surface area contributed by atoms with Gasteiger partial charge >= 0.3 is 0 Å². The van der Waals surface area contributed by atoms with Gasteiger partial charge in [0, 0.05) is 23.3 Å². The van der Waals surface area contributed by atoms with Gasteiger partial charge in [-0.3, -0.25) is 0 Å². The van der Waals surface area contributed by atoms with Crippen LogP contribution in [0, 0.1) is 5.92 Å². The Balaban J connectivity index is 2.76. The highest BCUT2D eigenvalue weighted by Gasteiger charge is 2.11.